The second-order valence-corrected chi connectivity index (χ2v) is 22.6. The molecule has 6 aliphatic rings. The first kappa shape index (κ1) is 74.6. The van der Waals surface area contributed by atoms with E-state index in [9.17, 15) is 35.1 Å². The Morgan fingerprint density at radius 1 is 0.356 bits per heavy atom. The van der Waals surface area contributed by atoms with E-state index in [0.29, 0.717) is 34.2 Å². The van der Waals surface area contributed by atoms with Crippen molar-refractivity contribution in [2.45, 2.75) is 0 Å². The van der Waals surface area contributed by atoms with Gasteiger partial charge in [0.2, 0.25) is 0 Å². The van der Waals surface area contributed by atoms with Crippen molar-refractivity contribution < 1.29 is 101 Å². The molecule has 0 aliphatic carbocycles. The molecule has 0 fully saturated rings. The third-order valence-corrected chi connectivity index (χ3v) is 15.4. The molecule has 32 heteroatoms. The van der Waals surface area contributed by atoms with Gasteiger partial charge in [0.25, 0.3) is 0 Å². The number of aromatic nitrogens is 8. The van der Waals surface area contributed by atoms with E-state index in [4.69, 9.17) is 4.74 Å². The van der Waals surface area contributed by atoms with Gasteiger partial charge in [-0.1, -0.05) is 94.4 Å². The van der Waals surface area contributed by atoms with Crippen molar-refractivity contribution >= 4 is 57.1 Å². The van der Waals surface area contributed by atoms with Crippen LogP contribution in [0.25, 0.3) is 45.0 Å². The maximum Gasteiger partial charge on any atom is 4.00 e. The smallest absolute Gasteiger partial charge is 0.620 e. The quantitative estimate of drug-likeness (QED) is 0.0493. The molecule has 0 saturated heterocycles. The molecule has 14 heterocycles. The summed E-state index contributed by atoms with van der Waals surface area (Å²) in [4.78, 5) is 53.7. The molecule has 16 rings (SSSR count). The predicted octanol–water partition coefficient (Wildman–Crippen LogP) is 13.0. The summed E-state index contributed by atoms with van der Waals surface area (Å²) in [5, 5.41) is 0. The molecule has 6 aliphatic heterocycles. The minimum Gasteiger partial charge on any atom is -0.620 e. The van der Waals surface area contributed by atoms with E-state index in [-0.39, 0.29) is 106 Å². The molecule has 8 aromatic heterocycles. The molecular formula is C72H48F8IrN20OPtRh-10. The van der Waals surface area contributed by atoms with Crippen molar-refractivity contribution in [2.24, 2.45) is 0 Å². The topological polar surface area (TPSA) is 151 Å². The zero-order valence-corrected chi connectivity index (χ0v) is 61.0. The van der Waals surface area contributed by atoms with Gasteiger partial charge in [-0.25, -0.2) is 45.1 Å². The molecule has 10 aromatic rings. The number of pyridine rings is 8. The summed E-state index contributed by atoms with van der Waals surface area (Å²) in [5.74, 6) is -5.93. The summed E-state index contributed by atoms with van der Waals surface area (Å²) >= 11 is 0. The number of anilines is 10. The molecule has 2 aromatic carbocycles. The molecule has 0 bridgehead atoms. The Balaban J connectivity index is 0.000000189. The van der Waals surface area contributed by atoms with Crippen LogP contribution in [0, 0.1) is 136 Å². The average Bonchev–Trinajstić information content (AvgIpc) is 1.52. The molecule has 0 N–H and O–H groups in total. The molecule has 0 saturated carbocycles. The van der Waals surface area contributed by atoms with Gasteiger partial charge in [0.15, 0.2) is 0 Å². The Kier molecular flexibility index (Phi) is 22.6. The van der Waals surface area contributed by atoms with Crippen molar-refractivity contribution in [3.05, 3.63) is 283 Å². The zero-order chi connectivity index (χ0) is 70.3. The number of nitrogens with zero attached hydrogens (tertiary/aromatic N) is 20. The van der Waals surface area contributed by atoms with Crippen LogP contribution >= 0.6 is 0 Å². The third kappa shape index (κ3) is 15.5. The second-order valence-electron chi connectivity index (χ2n) is 22.6. The van der Waals surface area contributed by atoms with Gasteiger partial charge in [0, 0.05) is 63.4 Å². The van der Waals surface area contributed by atoms with E-state index in [1.165, 1.54) is 36.4 Å². The maximum atomic E-state index is 13.6. The van der Waals surface area contributed by atoms with Crippen molar-refractivity contribution in [3.63, 3.8) is 0 Å². The second kappa shape index (κ2) is 31.6. The van der Waals surface area contributed by atoms with Crippen LogP contribution < -0.4 is 43.9 Å². The SMILES string of the molecule is CN1C=CN(c2[c-]c(N3C=CN(C)[CH-]3)c(N3[CH-]N(C)c4ncccc43)[c-]c2Oc2[c-]c(N3[CH-]N(C)c4ncccc43)c(N3C=CN(C)[CH-]3)[c-]c2N2C=CN(C)[CH-]2)[CH-]1.Fc1c[c-]c(-c2cccc(-c3[c-]cc(F)nc3F)n2)c(F)n1.Fc1c[c-]c(-c2cccc(-c3[c-]cc(F)nc3F)n2)c(F)n1.[Ir].[Pt+4].[Rh]. The van der Waals surface area contributed by atoms with Crippen LogP contribution in [0.2, 0.25) is 0 Å². The van der Waals surface area contributed by atoms with Gasteiger partial charge in [-0.05, 0) is 139 Å². The molecule has 0 unspecified atom stereocenters. The van der Waals surface area contributed by atoms with Crippen molar-refractivity contribution in [2.75, 3.05) is 81.5 Å². The average molecular weight is 1850 g/mol. The van der Waals surface area contributed by atoms with E-state index in [1.807, 2.05) is 205 Å². The summed E-state index contributed by atoms with van der Waals surface area (Å²) < 4.78 is 113. The van der Waals surface area contributed by atoms with Crippen LogP contribution in [0.15, 0.2) is 147 Å². The monoisotopic (exact) mass is 1850 g/mol. The number of rotatable bonds is 12. The van der Waals surface area contributed by atoms with Crippen molar-refractivity contribution in [1.29, 1.82) is 0 Å². The Morgan fingerprint density at radius 2 is 0.654 bits per heavy atom. The van der Waals surface area contributed by atoms with Crippen molar-refractivity contribution in [1.82, 2.24) is 59.5 Å². The Hall–Kier alpha value is -10.6. The molecule has 0 amide bonds. The first-order chi connectivity index (χ1) is 48.8. The van der Waals surface area contributed by atoms with Gasteiger partial charge in [0.05, 0.1) is 0 Å². The minimum atomic E-state index is -1.09. The summed E-state index contributed by atoms with van der Waals surface area (Å²) in [7, 11) is 11.9. The summed E-state index contributed by atoms with van der Waals surface area (Å²) in [6.45, 7) is 12.0. The molecule has 2 radical (unpaired) electrons. The molecule has 21 nitrogen and oxygen atoms in total. The maximum absolute atomic E-state index is 13.6. The number of halogens is 8. The Labute approximate surface area is 634 Å². The van der Waals surface area contributed by atoms with Crippen molar-refractivity contribution in [3.8, 4) is 56.5 Å². The van der Waals surface area contributed by atoms with Crippen LogP contribution in [-0.2, 0) is 60.6 Å². The van der Waals surface area contributed by atoms with Gasteiger partial charge in [0.1, 0.15) is 59.2 Å². The van der Waals surface area contributed by atoms with E-state index in [2.05, 4.69) is 98.2 Å². The van der Waals surface area contributed by atoms with E-state index in [1.54, 1.807) is 12.4 Å². The minimum absolute atomic E-state index is 0. The van der Waals surface area contributed by atoms with Crippen LogP contribution in [0.1, 0.15) is 0 Å². The van der Waals surface area contributed by atoms with Crippen LogP contribution in [0.4, 0.5) is 92.3 Å². The third-order valence-electron chi connectivity index (χ3n) is 15.4. The largest absolute Gasteiger partial charge is 4.00 e. The Bertz CT molecular complexity index is 4540. The van der Waals surface area contributed by atoms with Crippen LogP contribution in [0.5, 0.6) is 11.5 Å². The van der Waals surface area contributed by atoms with Gasteiger partial charge in [-0.2, -0.15) is 74.1 Å². The summed E-state index contributed by atoms with van der Waals surface area (Å²) in [6.07, 6.45) is 19.5. The van der Waals surface area contributed by atoms with Gasteiger partial charge >= 0.3 is 21.1 Å². The number of hydrogen-bond acceptors (Lipinski definition) is 21. The standard InChI is InChI=1S/C42H38N14O.2C15H5F4N3.Ir.Pt.Rh/c1-45-13-17-51(25-45)33-21-37(53-19-15-47(3)27-53)39(23-35(33)55-29-49(5)41-31(55)9-7-11-43-41)57-40-24-36(56-30-50(6)42-32(56)10-8-12-44-42)34(52-18-14-46(2)26-52)22-38(40)54-20-16-48(4)28-54;2*16-12-6-4-8(14(18)21-12)10-2-1-3-11(20-10)9-5-7-13(17)22-15(9)19;;;/h7-20,25-30H,1-6H3;2*1-3,6-7H;;;/q-10;2*-2;;+4;. The Morgan fingerprint density at radius 3 is 0.933 bits per heavy atom. The molecule has 0 spiro atoms. The first-order valence-electron chi connectivity index (χ1n) is 30.2. The number of fused-ring (bicyclic) bond motifs is 2. The fourth-order valence-electron chi connectivity index (χ4n) is 10.8. The number of ether oxygens (including phenoxy) is 1. The molecule has 536 valence electrons. The molecular weight excluding hydrogens is 1800 g/mol. The van der Waals surface area contributed by atoms with Crippen LogP contribution in [0.3, 0.4) is 0 Å². The van der Waals surface area contributed by atoms with E-state index >= 15 is 0 Å². The van der Waals surface area contributed by atoms with Gasteiger partial charge in [-0.3, -0.25) is 44.2 Å². The summed E-state index contributed by atoms with van der Waals surface area (Å²) in [6, 6.07) is 44.5. The summed E-state index contributed by atoms with van der Waals surface area (Å²) in [5.41, 5.74) is 5.65. The van der Waals surface area contributed by atoms with E-state index < -0.39 is 47.6 Å². The van der Waals surface area contributed by atoms with Gasteiger partial charge < -0.3 is 73.5 Å². The zero-order valence-electron chi connectivity index (χ0n) is 54.7. The van der Waals surface area contributed by atoms with Gasteiger partial charge in [-0.15, -0.1) is 24.3 Å². The first-order valence-corrected chi connectivity index (χ1v) is 30.2. The fourth-order valence-corrected chi connectivity index (χ4v) is 10.8. The molecule has 104 heavy (non-hydrogen) atoms. The number of benzene rings is 2. The van der Waals surface area contributed by atoms with E-state index in [0.717, 1.165) is 58.7 Å². The number of hydrogen-bond donors (Lipinski definition) is 0. The van der Waals surface area contributed by atoms with Crippen LogP contribution in [-0.4, -0.2) is 102 Å². The normalized spacial score (nSPS) is 14.6. The fraction of sp³-hybridized carbons (Fsp3) is 0.0833. The molecule has 0 atom stereocenters. The predicted molar refractivity (Wildman–Crippen MR) is 358 cm³/mol.